The van der Waals surface area contributed by atoms with E-state index in [1.165, 1.54) is 6.07 Å². The molecule has 3 aliphatic rings. The Morgan fingerprint density at radius 3 is 2.14 bits per heavy atom. The van der Waals surface area contributed by atoms with E-state index in [4.69, 9.17) is 67.0 Å². The Kier molecular flexibility index (Phi) is 17.3. The second kappa shape index (κ2) is 21.6. The fourth-order valence-corrected chi connectivity index (χ4v) is 7.28. The third kappa shape index (κ3) is 10.6. The Hall–Kier alpha value is -4.31. The molecule has 310 valence electrons. The van der Waals surface area contributed by atoms with Crippen LogP contribution < -0.4 is 24.2 Å². The van der Waals surface area contributed by atoms with Gasteiger partial charge in [0.25, 0.3) is 17.7 Å². The number of para-hydroxylation sites is 3. The number of carbonyl (C=O) groups excluding carboxylic acids is 4. The largest absolute Gasteiger partial charge is 0.489 e. The first kappa shape index (κ1) is 46.4. The second-order valence-electron chi connectivity index (χ2n) is 13.4. The molecule has 58 heavy (non-hydrogen) atoms. The Morgan fingerprint density at radius 2 is 1.60 bits per heavy atom. The Balaban J connectivity index is 0.000000198. The summed E-state index contributed by atoms with van der Waals surface area (Å²) in [6, 6.07) is 15.6. The fraction of sp³-hybridized carbons (Fsp3) is 0.395. The zero-order valence-electron chi connectivity index (χ0n) is 33.0. The minimum Gasteiger partial charge on any atom is -0.489 e. The number of fused-ring (bicyclic) bond motifs is 1. The van der Waals surface area contributed by atoms with Crippen LogP contribution in [-0.4, -0.2) is 66.9 Å². The van der Waals surface area contributed by atoms with E-state index in [-0.39, 0.29) is 46.9 Å². The monoisotopic (exact) mass is 875 g/mol. The van der Waals surface area contributed by atoms with E-state index in [1.807, 2.05) is 49.4 Å². The third-order valence-electron chi connectivity index (χ3n) is 9.55. The SMILES string of the molecule is C#CC(C)Oc1cc(N2C(=O)C3=C(CCCC3)C2=O)c(F)cc1Cl.CC1COc2ccccc2N1C(=O)C(Cl)Cl.CCc1cccc(CC)c1N(COC)C(=O)CCl. The maximum atomic E-state index is 14.4. The average Bonchev–Trinajstić information content (AvgIpc) is 3.48. The molecule has 0 aromatic heterocycles. The van der Waals surface area contributed by atoms with Crippen LogP contribution in [-0.2, 0) is 36.8 Å². The van der Waals surface area contributed by atoms with Gasteiger partial charge in [-0.05, 0) is 81.7 Å². The first-order valence-corrected chi connectivity index (χ1v) is 20.5. The Labute approximate surface area is 359 Å². The number of amides is 4. The molecule has 2 aliphatic heterocycles. The van der Waals surface area contributed by atoms with Crippen molar-refractivity contribution in [1.82, 2.24) is 0 Å². The summed E-state index contributed by atoms with van der Waals surface area (Å²) in [6.45, 7) is 8.36. The quantitative estimate of drug-likeness (QED) is 0.0866. The molecule has 0 fully saturated rings. The van der Waals surface area contributed by atoms with Crippen LogP contribution in [0.25, 0.3) is 0 Å². The highest BCUT2D eigenvalue weighted by molar-refractivity contribution is 6.54. The van der Waals surface area contributed by atoms with Gasteiger partial charge in [-0.3, -0.25) is 24.1 Å². The van der Waals surface area contributed by atoms with E-state index in [1.54, 1.807) is 23.8 Å². The molecule has 0 saturated heterocycles. The minimum atomic E-state index is -1.05. The number of aryl methyl sites for hydroxylation is 2. The van der Waals surface area contributed by atoms with Crippen molar-refractivity contribution in [2.75, 3.05) is 41.0 Å². The molecule has 3 aromatic rings. The molecule has 15 heteroatoms. The standard InChI is InChI=1S/C18H15ClFNO3.C14H20ClNO2.C11H11Cl2NO2/c1-3-10(2)24-16-9-15(14(20)8-13(16)19)21-17(22)11-6-4-5-7-12(11)18(21)23;1-4-11-7-6-8-12(5-2)14(11)16(10-18-3)13(17)9-15;1-7-6-16-9-5-3-2-4-8(9)14(7)11(15)10(12)13/h1,8-10H,4-7H2,2H3;6-8H,4-5,9-10H2,1-3H3;2-5,7,10H,6H2,1H3. The first-order chi connectivity index (χ1) is 27.7. The van der Waals surface area contributed by atoms with Gasteiger partial charge in [0.05, 0.1) is 28.1 Å². The number of methoxy groups -OCH3 is 1. The number of nitrogens with zero attached hydrogens (tertiary/aromatic N) is 3. The molecule has 6 rings (SSSR count). The number of halogens is 5. The van der Waals surface area contributed by atoms with Gasteiger partial charge < -0.3 is 19.1 Å². The number of hydrogen-bond acceptors (Lipinski definition) is 7. The molecular weight excluding hydrogens is 831 g/mol. The van der Waals surface area contributed by atoms with Crippen molar-refractivity contribution in [1.29, 1.82) is 0 Å². The number of alkyl halides is 3. The molecule has 0 N–H and O–H groups in total. The van der Waals surface area contributed by atoms with Gasteiger partial charge in [-0.1, -0.05) is 84.9 Å². The number of hydrogen-bond donors (Lipinski definition) is 0. The Morgan fingerprint density at radius 1 is 1.00 bits per heavy atom. The smallest absolute Gasteiger partial charge is 0.261 e. The van der Waals surface area contributed by atoms with Crippen LogP contribution in [0.4, 0.5) is 21.5 Å². The topological polar surface area (TPSA) is 106 Å². The molecular formula is C43H46Cl4FN3O7. The zero-order chi connectivity index (χ0) is 42.7. The molecule has 3 aromatic carbocycles. The van der Waals surface area contributed by atoms with Crippen molar-refractivity contribution in [2.24, 2.45) is 0 Å². The molecule has 2 heterocycles. The molecule has 0 radical (unpaired) electrons. The molecule has 0 saturated carbocycles. The minimum absolute atomic E-state index is 0.0233. The maximum Gasteiger partial charge on any atom is 0.261 e. The lowest BCUT2D eigenvalue weighted by Crippen LogP contribution is -2.47. The molecule has 2 unspecified atom stereocenters. The van der Waals surface area contributed by atoms with Crippen molar-refractivity contribution < 1.29 is 37.8 Å². The lowest BCUT2D eigenvalue weighted by atomic mass is 9.93. The van der Waals surface area contributed by atoms with Gasteiger partial charge in [0.1, 0.15) is 36.5 Å². The number of benzene rings is 3. The highest BCUT2D eigenvalue weighted by Gasteiger charge is 2.41. The van der Waals surface area contributed by atoms with Crippen molar-refractivity contribution >= 4 is 87.1 Å². The van der Waals surface area contributed by atoms with E-state index in [2.05, 4.69) is 19.8 Å². The van der Waals surface area contributed by atoms with Crippen LogP contribution in [0.3, 0.4) is 0 Å². The normalized spacial score (nSPS) is 16.2. The summed E-state index contributed by atoms with van der Waals surface area (Å²) >= 11 is 22.9. The first-order valence-electron chi connectivity index (χ1n) is 18.8. The number of carbonyl (C=O) groups is 4. The Bertz CT molecular complexity index is 2020. The number of imide groups is 1. The van der Waals surface area contributed by atoms with E-state index >= 15 is 0 Å². The summed E-state index contributed by atoms with van der Waals surface area (Å²) in [5.74, 6) is 1.01. The van der Waals surface area contributed by atoms with Crippen molar-refractivity contribution in [2.45, 2.75) is 83.2 Å². The maximum absolute atomic E-state index is 14.4. The van der Waals surface area contributed by atoms with Crippen molar-refractivity contribution in [3.05, 3.63) is 87.7 Å². The van der Waals surface area contributed by atoms with Gasteiger partial charge in [0.2, 0.25) is 5.91 Å². The molecule has 10 nitrogen and oxygen atoms in total. The third-order valence-corrected chi connectivity index (χ3v) is 10.4. The number of anilines is 3. The second-order valence-corrected chi connectivity index (χ2v) is 15.2. The number of terminal acetylenes is 1. The van der Waals surface area contributed by atoms with Crippen LogP contribution in [0.1, 0.15) is 64.5 Å². The van der Waals surface area contributed by atoms with Crippen molar-refractivity contribution in [3.63, 3.8) is 0 Å². The number of rotatable bonds is 10. The molecule has 1 aliphatic carbocycles. The lowest BCUT2D eigenvalue weighted by molar-refractivity contribution is -0.121. The molecule has 4 amide bonds. The van der Waals surface area contributed by atoms with Gasteiger partial charge in [-0.15, -0.1) is 18.0 Å². The molecule has 2 atom stereocenters. The van der Waals surface area contributed by atoms with Gasteiger partial charge in [0.15, 0.2) is 10.9 Å². The van der Waals surface area contributed by atoms with Gasteiger partial charge in [0, 0.05) is 24.3 Å². The highest BCUT2D eigenvalue weighted by Crippen LogP contribution is 2.40. The summed E-state index contributed by atoms with van der Waals surface area (Å²) in [7, 11) is 1.58. The summed E-state index contributed by atoms with van der Waals surface area (Å²) in [5.41, 5.74) is 4.77. The molecule has 0 spiro atoms. The summed E-state index contributed by atoms with van der Waals surface area (Å²) < 4.78 is 30.5. The van der Waals surface area contributed by atoms with Crippen LogP contribution in [0.2, 0.25) is 5.02 Å². The molecule has 0 bridgehead atoms. The van der Waals surface area contributed by atoms with Crippen LogP contribution in [0.5, 0.6) is 11.5 Å². The van der Waals surface area contributed by atoms with Gasteiger partial charge in [-0.25, -0.2) is 9.29 Å². The van der Waals surface area contributed by atoms with Gasteiger partial charge in [-0.2, -0.15) is 0 Å². The van der Waals surface area contributed by atoms with E-state index in [0.29, 0.717) is 36.3 Å². The zero-order valence-corrected chi connectivity index (χ0v) is 36.0. The van der Waals surface area contributed by atoms with E-state index in [9.17, 15) is 23.6 Å². The van der Waals surface area contributed by atoms with E-state index in [0.717, 1.165) is 59.2 Å². The fourth-order valence-electron chi connectivity index (χ4n) is 6.73. The van der Waals surface area contributed by atoms with Crippen LogP contribution >= 0.6 is 46.4 Å². The predicted octanol–water partition coefficient (Wildman–Crippen LogP) is 9.21. The average molecular weight is 878 g/mol. The van der Waals surface area contributed by atoms with Crippen LogP contribution in [0.15, 0.2) is 65.7 Å². The predicted molar refractivity (Wildman–Crippen MR) is 228 cm³/mol. The van der Waals surface area contributed by atoms with Crippen molar-refractivity contribution in [3.8, 4) is 23.8 Å². The summed E-state index contributed by atoms with van der Waals surface area (Å²) in [5, 5.41) is 0.0233. The summed E-state index contributed by atoms with van der Waals surface area (Å²) in [6.07, 6.45) is 9.22. The van der Waals surface area contributed by atoms with Gasteiger partial charge >= 0.3 is 0 Å². The van der Waals surface area contributed by atoms with Crippen LogP contribution in [0, 0.1) is 18.2 Å². The van der Waals surface area contributed by atoms with E-state index < -0.39 is 28.6 Å². The number of ether oxygens (including phenoxy) is 3. The summed E-state index contributed by atoms with van der Waals surface area (Å²) in [4.78, 5) is 52.0. The highest BCUT2D eigenvalue weighted by atomic mass is 35.5. The lowest BCUT2D eigenvalue weighted by Gasteiger charge is -2.35.